The molecule has 6 heteroatoms. The monoisotopic (exact) mass is 250 g/mol. The first kappa shape index (κ1) is 16.3. The van der Waals surface area contributed by atoms with E-state index in [1.54, 1.807) is 0 Å². The third-order valence-corrected chi connectivity index (χ3v) is 2.31. The number of carboxylic acid groups (broad SMARTS) is 1. The molecule has 0 aliphatic carbocycles. The third kappa shape index (κ3) is 9.05. The van der Waals surface area contributed by atoms with Crippen LogP contribution in [0.3, 0.4) is 0 Å². The summed E-state index contributed by atoms with van der Waals surface area (Å²) in [5, 5.41) is 37.5. The van der Waals surface area contributed by atoms with Gasteiger partial charge in [0.15, 0.2) is 5.79 Å². The molecule has 4 N–H and O–H groups in total. The largest absolute Gasteiger partial charge is 0.481 e. The first-order valence-corrected chi connectivity index (χ1v) is 5.52. The molecule has 0 aliphatic rings. The minimum atomic E-state index is -1.89. The third-order valence-electron chi connectivity index (χ3n) is 2.31. The van der Waals surface area contributed by atoms with Crippen molar-refractivity contribution in [2.75, 3.05) is 27.7 Å². The average Bonchev–Trinajstić information content (AvgIpc) is 1.94. The molecule has 0 aromatic heterocycles. The summed E-state index contributed by atoms with van der Waals surface area (Å²) in [4.78, 5) is 10.7. The molecule has 0 aliphatic heterocycles. The molecule has 1 unspecified atom stereocenters. The average molecular weight is 250 g/mol. The van der Waals surface area contributed by atoms with Gasteiger partial charge in [0.2, 0.25) is 0 Å². The van der Waals surface area contributed by atoms with E-state index in [4.69, 9.17) is 5.11 Å². The lowest BCUT2D eigenvalue weighted by Crippen LogP contribution is -2.51. The van der Waals surface area contributed by atoms with Crippen molar-refractivity contribution >= 4 is 5.97 Å². The van der Waals surface area contributed by atoms with Gasteiger partial charge in [0.05, 0.1) is 27.6 Å². The normalized spacial score (nSPS) is 16.6. The smallest absolute Gasteiger partial charge is 0.306 e. The minimum absolute atomic E-state index is 0.0261. The highest BCUT2D eigenvalue weighted by molar-refractivity contribution is 5.68. The summed E-state index contributed by atoms with van der Waals surface area (Å²) in [7, 11) is 5.51. The van der Waals surface area contributed by atoms with Crippen molar-refractivity contribution in [2.45, 2.75) is 37.6 Å². The van der Waals surface area contributed by atoms with Crippen LogP contribution in [0.4, 0.5) is 0 Å². The number of nitrogens with zero attached hydrogens (tertiary/aromatic N) is 1. The number of aliphatic carboxylic acids is 1. The maximum absolute atomic E-state index is 10.7. The Kier molecular flexibility index (Phi) is 5.09. The van der Waals surface area contributed by atoms with Crippen LogP contribution in [0.25, 0.3) is 0 Å². The van der Waals surface area contributed by atoms with E-state index in [1.165, 1.54) is 6.92 Å². The first-order chi connectivity index (χ1) is 7.33. The molecule has 0 amide bonds. The quantitative estimate of drug-likeness (QED) is 0.356. The van der Waals surface area contributed by atoms with Gasteiger partial charge in [0.1, 0.15) is 12.1 Å². The van der Waals surface area contributed by atoms with Crippen LogP contribution >= 0.6 is 0 Å². The first-order valence-electron chi connectivity index (χ1n) is 5.52. The highest BCUT2D eigenvalue weighted by Crippen LogP contribution is 2.23. The molecule has 1 atom stereocenters. The summed E-state index contributed by atoms with van der Waals surface area (Å²) < 4.78 is 0.400. The van der Waals surface area contributed by atoms with Crippen LogP contribution in [0.15, 0.2) is 0 Å². The van der Waals surface area contributed by atoms with Gasteiger partial charge < -0.3 is 24.9 Å². The van der Waals surface area contributed by atoms with Crippen molar-refractivity contribution in [1.82, 2.24) is 0 Å². The summed E-state index contributed by atoms with van der Waals surface area (Å²) >= 11 is 0. The fraction of sp³-hybridized carbons (Fsp3) is 0.909. The molecule has 0 saturated carbocycles. The zero-order valence-corrected chi connectivity index (χ0v) is 11.0. The maximum Gasteiger partial charge on any atom is 0.306 e. The molecule has 0 bridgehead atoms. The van der Waals surface area contributed by atoms with Crippen LogP contribution in [-0.2, 0) is 4.79 Å². The van der Waals surface area contributed by atoms with Crippen molar-refractivity contribution in [2.24, 2.45) is 0 Å². The van der Waals surface area contributed by atoms with E-state index in [1.807, 2.05) is 21.1 Å². The zero-order chi connectivity index (χ0) is 13.9. The van der Waals surface area contributed by atoms with Gasteiger partial charge in [0.25, 0.3) is 0 Å². The molecule has 0 fully saturated rings. The van der Waals surface area contributed by atoms with Crippen LogP contribution in [-0.4, -0.2) is 70.0 Å². The second-order valence-electron chi connectivity index (χ2n) is 5.96. The van der Waals surface area contributed by atoms with E-state index in [0.717, 1.165) is 0 Å². The number of quaternary nitrogens is 1. The number of rotatable bonds is 7. The Hall–Kier alpha value is -0.690. The predicted molar refractivity (Wildman–Crippen MR) is 62.2 cm³/mol. The van der Waals surface area contributed by atoms with Gasteiger partial charge in [-0.15, -0.1) is 0 Å². The van der Waals surface area contributed by atoms with Crippen molar-refractivity contribution in [1.29, 1.82) is 0 Å². The van der Waals surface area contributed by atoms with Crippen molar-refractivity contribution in [3.8, 4) is 0 Å². The fourth-order valence-electron chi connectivity index (χ4n) is 1.86. The van der Waals surface area contributed by atoms with Gasteiger partial charge in [0, 0.05) is 6.42 Å². The summed E-state index contributed by atoms with van der Waals surface area (Å²) in [6.45, 7) is 1.44. The van der Waals surface area contributed by atoms with Crippen LogP contribution < -0.4 is 0 Å². The fourth-order valence-corrected chi connectivity index (χ4v) is 1.86. The molecule has 102 valence electrons. The van der Waals surface area contributed by atoms with Crippen molar-refractivity contribution < 1.29 is 29.7 Å². The Morgan fingerprint density at radius 1 is 1.12 bits per heavy atom. The molecule has 0 spiro atoms. The lowest BCUT2D eigenvalue weighted by Gasteiger charge is -2.35. The number of aliphatic hydroxyl groups is 3. The van der Waals surface area contributed by atoms with Gasteiger partial charge in [-0.3, -0.25) is 4.79 Å². The zero-order valence-electron chi connectivity index (χ0n) is 11.0. The molecule has 0 heterocycles. The Bertz CT molecular complexity index is 266. The topological polar surface area (TPSA) is 98.0 Å². The van der Waals surface area contributed by atoms with Crippen LogP contribution in [0.5, 0.6) is 0 Å². The maximum atomic E-state index is 10.7. The summed E-state index contributed by atoms with van der Waals surface area (Å²) in [6, 6.07) is 0. The Labute approximate surface area is 102 Å². The number of carbonyl (C=O) groups is 1. The van der Waals surface area contributed by atoms with E-state index in [-0.39, 0.29) is 19.4 Å². The van der Waals surface area contributed by atoms with Gasteiger partial charge in [-0.2, -0.15) is 0 Å². The highest BCUT2D eigenvalue weighted by atomic mass is 16.5. The van der Waals surface area contributed by atoms with Crippen molar-refractivity contribution in [3.63, 3.8) is 0 Å². The van der Waals surface area contributed by atoms with Crippen molar-refractivity contribution in [3.05, 3.63) is 0 Å². The Morgan fingerprint density at radius 2 is 1.59 bits per heavy atom. The lowest BCUT2D eigenvalue weighted by atomic mass is 9.90. The molecule has 6 nitrogen and oxygen atoms in total. The number of hydrogen-bond donors (Lipinski definition) is 4. The highest BCUT2D eigenvalue weighted by Gasteiger charge is 2.37. The molecule has 17 heavy (non-hydrogen) atoms. The Morgan fingerprint density at radius 3 is 1.88 bits per heavy atom. The molecule has 0 rings (SSSR count). The van der Waals surface area contributed by atoms with E-state index >= 15 is 0 Å². The summed E-state index contributed by atoms with van der Waals surface area (Å²) in [6.07, 6.45) is -0.451. The molecule has 0 aromatic carbocycles. The number of likely N-dealkylation sites (N-methyl/N-ethyl adjacent to an activating group) is 1. The molecule has 0 radical (unpaired) electrons. The molecule has 0 aromatic rings. The summed E-state index contributed by atoms with van der Waals surface area (Å²) in [5.41, 5.74) is -1.43. The minimum Gasteiger partial charge on any atom is -0.481 e. The van der Waals surface area contributed by atoms with Gasteiger partial charge in [-0.25, -0.2) is 0 Å². The molecular formula is C11H24NO5+. The standard InChI is InChI=1S/C11H23NO5/c1-10(15,16)5-6-11(17,7-9(13)14)8-12(2,3)4/h15-17H,5-8H2,1-4H3/p+1. The second-order valence-corrected chi connectivity index (χ2v) is 5.96. The second kappa shape index (κ2) is 5.30. The van der Waals surface area contributed by atoms with E-state index in [2.05, 4.69) is 0 Å². The van der Waals surface area contributed by atoms with Gasteiger partial charge in [-0.1, -0.05) is 0 Å². The molecule has 0 saturated heterocycles. The number of carboxylic acids is 1. The summed E-state index contributed by atoms with van der Waals surface area (Å²) in [5.74, 6) is -2.99. The SMILES string of the molecule is CC(O)(O)CCC(O)(CC(=O)O)C[N+](C)(C)C. The van der Waals surface area contributed by atoms with E-state index < -0.39 is 23.8 Å². The van der Waals surface area contributed by atoms with Crippen LogP contribution in [0, 0.1) is 0 Å². The van der Waals surface area contributed by atoms with Gasteiger partial charge in [-0.05, 0) is 13.3 Å². The van der Waals surface area contributed by atoms with E-state index in [0.29, 0.717) is 4.48 Å². The van der Waals surface area contributed by atoms with Crippen LogP contribution in [0.2, 0.25) is 0 Å². The van der Waals surface area contributed by atoms with E-state index in [9.17, 15) is 20.1 Å². The Balaban J connectivity index is 4.67. The number of hydrogen-bond acceptors (Lipinski definition) is 4. The lowest BCUT2D eigenvalue weighted by molar-refractivity contribution is -0.877. The predicted octanol–water partition coefficient (Wildman–Crippen LogP) is -0.621. The van der Waals surface area contributed by atoms with Gasteiger partial charge >= 0.3 is 5.97 Å². The molecular weight excluding hydrogens is 226 g/mol. The van der Waals surface area contributed by atoms with Crippen LogP contribution in [0.1, 0.15) is 26.2 Å².